The number of nitrogens with zero attached hydrogens (tertiary/aromatic N) is 5. The van der Waals surface area contributed by atoms with Crippen LogP contribution in [0.4, 0.5) is 5.69 Å². The van der Waals surface area contributed by atoms with E-state index in [2.05, 4.69) is 46.7 Å². The van der Waals surface area contributed by atoms with Crippen LogP contribution in [-0.2, 0) is 13.5 Å². The Bertz CT molecular complexity index is 1100. The quantitative estimate of drug-likeness (QED) is 0.390. The minimum atomic E-state index is -0.493. The van der Waals surface area contributed by atoms with Crippen molar-refractivity contribution in [2.45, 2.75) is 29.4 Å². The summed E-state index contributed by atoms with van der Waals surface area (Å²) in [4.78, 5) is 26.3. The number of nitro benzene ring substituents is 1. The second-order valence-corrected chi connectivity index (χ2v) is 8.56. The van der Waals surface area contributed by atoms with E-state index in [0.717, 1.165) is 23.7 Å². The van der Waals surface area contributed by atoms with Gasteiger partial charge in [0.05, 0.1) is 15.9 Å². The maximum absolute atomic E-state index is 12.8. The van der Waals surface area contributed by atoms with Crippen molar-refractivity contribution in [3.63, 3.8) is 0 Å². The van der Waals surface area contributed by atoms with Gasteiger partial charge in [0.2, 0.25) is 0 Å². The number of hydrogen-bond donors (Lipinski definition) is 1. The topological polar surface area (TPSA) is 106 Å². The SMILES string of the molecule is CCc1ccc(C(CNC(=O)c2ccc(Sc3nncn3C)c([N+](=O)[O-])c2)N(C)C)cc1. The molecule has 0 aliphatic heterocycles. The molecule has 1 atom stereocenters. The lowest BCUT2D eigenvalue weighted by Gasteiger charge is -2.25. The number of benzene rings is 2. The zero-order valence-corrected chi connectivity index (χ0v) is 19.3. The van der Waals surface area contributed by atoms with Crippen LogP contribution in [0.25, 0.3) is 0 Å². The molecule has 0 radical (unpaired) electrons. The second-order valence-electron chi connectivity index (χ2n) is 7.55. The van der Waals surface area contributed by atoms with E-state index >= 15 is 0 Å². The molecule has 0 fully saturated rings. The summed E-state index contributed by atoms with van der Waals surface area (Å²) in [7, 11) is 5.66. The molecule has 32 heavy (non-hydrogen) atoms. The summed E-state index contributed by atoms with van der Waals surface area (Å²) < 4.78 is 1.67. The fraction of sp³-hybridized carbons (Fsp3) is 0.318. The third kappa shape index (κ3) is 5.51. The number of carbonyl (C=O) groups excluding carboxylic acids is 1. The van der Waals surface area contributed by atoms with E-state index in [0.29, 0.717) is 16.6 Å². The Morgan fingerprint density at radius 2 is 1.97 bits per heavy atom. The Balaban J connectivity index is 1.75. The van der Waals surface area contributed by atoms with Crippen LogP contribution in [0.1, 0.15) is 34.5 Å². The normalized spacial score (nSPS) is 12.0. The molecule has 10 heteroatoms. The number of nitro groups is 1. The van der Waals surface area contributed by atoms with Gasteiger partial charge in [0.15, 0.2) is 5.16 Å². The molecule has 9 nitrogen and oxygen atoms in total. The molecule has 1 heterocycles. The first-order valence-electron chi connectivity index (χ1n) is 10.1. The van der Waals surface area contributed by atoms with E-state index < -0.39 is 4.92 Å². The second kappa shape index (κ2) is 10.4. The molecule has 1 amide bonds. The van der Waals surface area contributed by atoms with Gasteiger partial charge >= 0.3 is 0 Å². The maximum Gasteiger partial charge on any atom is 0.284 e. The average Bonchev–Trinajstić information content (AvgIpc) is 3.18. The van der Waals surface area contributed by atoms with Gasteiger partial charge in [0.25, 0.3) is 11.6 Å². The summed E-state index contributed by atoms with van der Waals surface area (Å²) in [5, 5.41) is 22.8. The summed E-state index contributed by atoms with van der Waals surface area (Å²) in [5.74, 6) is -0.361. The maximum atomic E-state index is 12.8. The largest absolute Gasteiger partial charge is 0.350 e. The summed E-state index contributed by atoms with van der Waals surface area (Å²) in [6.07, 6.45) is 2.49. The molecule has 168 valence electrons. The molecule has 0 bridgehead atoms. The minimum Gasteiger partial charge on any atom is -0.350 e. The standard InChI is InChI=1S/C22H26N6O3S/c1-5-15-6-8-16(9-7-15)19(26(2)3)13-23-21(29)17-10-11-20(18(12-17)28(30)31)32-22-25-24-14-27(22)4/h6-12,14,19H,5,13H2,1-4H3,(H,23,29). The molecule has 1 unspecified atom stereocenters. The lowest BCUT2D eigenvalue weighted by atomic mass is 10.0. The molecule has 2 aromatic carbocycles. The molecule has 0 aliphatic rings. The third-order valence-corrected chi connectivity index (χ3v) is 6.26. The van der Waals surface area contributed by atoms with Gasteiger partial charge in [-0.2, -0.15) is 0 Å². The van der Waals surface area contributed by atoms with Crippen LogP contribution in [0.15, 0.2) is 58.8 Å². The molecular formula is C22H26N6O3S. The zero-order valence-electron chi connectivity index (χ0n) is 18.5. The highest BCUT2D eigenvalue weighted by Crippen LogP contribution is 2.34. The number of nitrogens with one attached hydrogen (secondary N) is 1. The first-order chi connectivity index (χ1) is 15.3. The third-order valence-electron chi connectivity index (χ3n) is 5.14. The van der Waals surface area contributed by atoms with Crippen LogP contribution in [0, 0.1) is 10.1 Å². The predicted molar refractivity (Wildman–Crippen MR) is 123 cm³/mol. The van der Waals surface area contributed by atoms with Crippen molar-refractivity contribution >= 4 is 23.4 Å². The van der Waals surface area contributed by atoms with Crippen molar-refractivity contribution < 1.29 is 9.72 Å². The van der Waals surface area contributed by atoms with Gasteiger partial charge in [-0.25, -0.2) is 0 Å². The van der Waals surface area contributed by atoms with Gasteiger partial charge in [-0.15, -0.1) is 10.2 Å². The van der Waals surface area contributed by atoms with E-state index in [9.17, 15) is 14.9 Å². The van der Waals surface area contributed by atoms with Gasteiger partial charge in [-0.1, -0.05) is 31.2 Å². The molecule has 0 saturated carbocycles. The summed E-state index contributed by atoms with van der Waals surface area (Å²) in [6, 6.07) is 12.7. The van der Waals surface area contributed by atoms with Gasteiger partial charge in [0, 0.05) is 25.2 Å². The Kier molecular flexibility index (Phi) is 7.60. The van der Waals surface area contributed by atoms with Crippen molar-refractivity contribution in [1.29, 1.82) is 0 Å². The van der Waals surface area contributed by atoms with E-state index in [1.165, 1.54) is 18.0 Å². The van der Waals surface area contributed by atoms with E-state index in [-0.39, 0.29) is 23.2 Å². The molecule has 3 aromatic rings. The van der Waals surface area contributed by atoms with E-state index in [4.69, 9.17) is 0 Å². The number of aromatic nitrogens is 3. The highest BCUT2D eigenvalue weighted by Gasteiger charge is 2.21. The first kappa shape index (κ1) is 23.4. The summed E-state index contributed by atoms with van der Waals surface area (Å²) in [6.45, 7) is 2.48. The summed E-state index contributed by atoms with van der Waals surface area (Å²) >= 11 is 1.13. The first-order valence-corrected chi connectivity index (χ1v) is 11.0. The Morgan fingerprint density at radius 1 is 1.25 bits per heavy atom. The van der Waals surface area contributed by atoms with Crippen LogP contribution in [-0.4, -0.2) is 51.1 Å². The Hall–Kier alpha value is -3.24. The minimum absolute atomic E-state index is 0.0226. The molecule has 0 aliphatic carbocycles. The zero-order chi connectivity index (χ0) is 23.3. The highest BCUT2D eigenvalue weighted by atomic mass is 32.2. The van der Waals surface area contributed by atoms with Crippen molar-refractivity contribution in [3.05, 3.63) is 75.6 Å². The number of amides is 1. The van der Waals surface area contributed by atoms with Crippen LogP contribution in [0.3, 0.4) is 0 Å². The molecule has 3 rings (SSSR count). The fourth-order valence-corrected chi connectivity index (χ4v) is 4.07. The van der Waals surface area contributed by atoms with Crippen LogP contribution in [0.2, 0.25) is 0 Å². The van der Waals surface area contributed by atoms with Crippen molar-refractivity contribution in [1.82, 2.24) is 25.0 Å². The Morgan fingerprint density at radius 3 is 2.53 bits per heavy atom. The lowest BCUT2D eigenvalue weighted by molar-refractivity contribution is -0.387. The van der Waals surface area contributed by atoms with Crippen molar-refractivity contribution in [2.75, 3.05) is 20.6 Å². The Labute approximate surface area is 191 Å². The van der Waals surface area contributed by atoms with E-state index in [1.807, 2.05) is 19.0 Å². The van der Waals surface area contributed by atoms with Crippen molar-refractivity contribution in [3.8, 4) is 0 Å². The molecule has 1 aromatic heterocycles. The molecule has 0 saturated heterocycles. The van der Waals surface area contributed by atoms with Crippen LogP contribution in [0.5, 0.6) is 0 Å². The number of carbonyl (C=O) groups is 1. The van der Waals surface area contributed by atoms with Gasteiger partial charge in [-0.3, -0.25) is 14.9 Å². The predicted octanol–water partition coefficient (Wildman–Crippen LogP) is 3.47. The smallest absolute Gasteiger partial charge is 0.284 e. The lowest BCUT2D eigenvalue weighted by Crippen LogP contribution is -2.34. The van der Waals surface area contributed by atoms with Gasteiger partial charge < -0.3 is 14.8 Å². The van der Waals surface area contributed by atoms with E-state index in [1.54, 1.807) is 23.7 Å². The van der Waals surface area contributed by atoms with Crippen LogP contribution >= 0.6 is 11.8 Å². The van der Waals surface area contributed by atoms with Crippen molar-refractivity contribution in [2.24, 2.45) is 7.05 Å². The number of rotatable bonds is 9. The average molecular weight is 455 g/mol. The fourth-order valence-electron chi connectivity index (χ4n) is 3.22. The number of aryl methyl sites for hydroxylation is 2. The molecule has 0 spiro atoms. The number of likely N-dealkylation sites (N-methyl/N-ethyl adjacent to an activating group) is 1. The number of hydrogen-bond acceptors (Lipinski definition) is 7. The summed E-state index contributed by atoms with van der Waals surface area (Å²) in [5.41, 5.74) is 2.43. The van der Waals surface area contributed by atoms with Gasteiger partial charge in [0.1, 0.15) is 6.33 Å². The van der Waals surface area contributed by atoms with Gasteiger partial charge in [-0.05, 0) is 55.5 Å². The molecular weight excluding hydrogens is 428 g/mol. The molecule has 1 N–H and O–H groups in total. The monoisotopic (exact) mass is 454 g/mol. The van der Waals surface area contributed by atoms with Crippen LogP contribution < -0.4 is 5.32 Å². The highest BCUT2D eigenvalue weighted by molar-refractivity contribution is 7.99.